The van der Waals surface area contributed by atoms with Gasteiger partial charge < -0.3 is 10.6 Å². The molecule has 138 valence electrons. The van der Waals surface area contributed by atoms with Crippen LogP contribution < -0.4 is 10.6 Å². The number of benzene rings is 1. The van der Waals surface area contributed by atoms with Crippen molar-refractivity contribution in [2.45, 2.75) is 19.0 Å². The highest BCUT2D eigenvalue weighted by atomic mass is 35.5. The van der Waals surface area contributed by atoms with Crippen molar-refractivity contribution >= 4 is 42.1 Å². The number of carbonyl (C=O) groups excluding carboxylic acids is 1. The summed E-state index contributed by atoms with van der Waals surface area (Å²) < 4.78 is 0. The fraction of sp³-hybridized carbons (Fsp3) is 0.412. The van der Waals surface area contributed by atoms with Gasteiger partial charge in [-0.2, -0.15) is 0 Å². The first-order valence-corrected chi connectivity index (χ1v) is 8.80. The molecule has 1 aliphatic heterocycles. The van der Waals surface area contributed by atoms with Gasteiger partial charge in [-0.1, -0.05) is 30.3 Å². The first-order valence-electron chi connectivity index (χ1n) is 7.92. The van der Waals surface area contributed by atoms with Gasteiger partial charge in [-0.3, -0.25) is 9.69 Å². The minimum absolute atomic E-state index is 0. The molecule has 1 aromatic carbocycles. The maximum atomic E-state index is 12.5. The quantitative estimate of drug-likeness (QED) is 0.806. The molecule has 2 heterocycles. The second-order valence-corrected chi connectivity index (χ2v) is 6.73. The number of amides is 1. The maximum absolute atomic E-state index is 12.5. The van der Waals surface area contributed by atoms with Crippen LogP contribution in [0, 0.1) is 0 Å². The lowest BCUT2D eigenvalue weighted by Crippen LogP contribution is -2.53. The lowest BCUT2D eigenvalue weighted by Gasteiger charge is -2.33. The molecule has 5 nitrogen and oxygen atoms in total. The molecule has 2 atom stereocenters. The summed E-state index contributed by atoms with van der Waals surface area (Å²) in [6, 6.07) is 10.2. The number of halogens is 2. The second-order valence-electron chi connectivity index (χ2n) is 5.81. The monoisotopic (exact) mass is 402 g/mol. The third-order valence-corrected chi connectivity index (χ3v) is 4.96. The first-order chi connectivity index (χ1) is 11.2. The predicted octanol–water partition coefficient (Wildman–Crippen LogP) is 2.49. The SMILES string of the molecule is C[C@H]1CNCCN1CC(=O)NC(c1ccccc1)c1nccs1.Cl.Cl. The lowest BCUT2D eigenvalue weighted by atomic mass is 10.1. The molecule has 0 radical (unpaired) electrons. The van der Waals surface area contributed by atoms with E-state index in [0.29, 0.717) is 12.6 Å². The van der Waals surface area contributed by atoms with Gasteiger partial charge in [0.05, 0.1) is 6.54 Å². The Kier molecular flexibility index (Phi) is 9.38. The predicted molar refractivity (Wildman–Crippen MR) is 107 cm³/mol. The average Bonchev–Trinajstić information content (AvgIpc) is 3.10. The number of carbonyl (C=O) groups is 1. The van der Waals surface area contributed by atoms with Crippen LogP contribution in [0.4, 0.5) is 0 Å². The van der Waals surface area contributed by atoms with E-state index in [1.165, 1.54) is 0 Å². The average molecular weight is 403 g/mol. The number of piperazine rings is 1. The number of hydrogen-bond donors (Lipinski definition) is 2. The van der Waals surface area contributed by atoms with Gasteiger partial charge in [0.25, 0.3) is 0 Å². The van der Waals surface area contributed by atoms with E-state index in [4.69, 9.17) is 0 Å². The Bertz CT molecular complexity index is 627. The molecule has 0 aliphatic carbocycles. The van der Waals surface area contributed by atoms with Crippen molar-refractivity contribution in [1.82, 2.24) is 20.5 Å². The van der Waals surface area contributed by atoms with Crippen molar-refractivity contribution in [3.63, 3.8) is 0 Å². The number of rotatable bonds is 5. The van der Waals surface area contributed by atoms with Gasteiger partial charge in [0, 0.05) is 37.3 Å². The summed E-state index contributed by atoms with van der Waals surface area (Å²) >= 11 is 1.57. The van der Waals surface area contributed by atoms with Crippen LogP contribution in [0.15, 0.2) is 41.9 Å². The molecule has 1 amide bonds. The van der Waals surface area contributed by atoms with Gasteiger partial charge in [0.2, 0.25) is 5.91 Å². The topological polar surface area (TPSA) is 57.3 Å². The number of nitrogens with zero attached hydrogens (tertiary/aromatic N) is 2. The molecule has 25 heavy (non-hydrogen) atoms. The molecular formula is C17H24Cl2N4OS. The molecule has 1 fully saturated rings. The normalized spacial score (nSPS) is 18.5. The zero-order chi connectivity index (χ0) is 16.1. The molecule has 1 aliphatic rings. The largest absolute Gasteiger partial charge is 0.342 e. The summed E-state index contributed by atoms with van der Waals surface area (Å²) in [5, 5.41) is 9.35. The minimum atomic E-state index is -0.179. The van der Waals surface area contributed by atoms with Gasteiger partial charge in [0.1, 0.15) is 11.0 Å². The molecule has 2 aromatic rings. The maximum Gasteiger partial charge on any atom is 0.235 e. The van der Waals surface area contributed by atoms with Crippen LogP contribution in [-0.2, 0) is 4.79 Å². The summed E-state index contributed by atoms with van der Waals surface area (Å²) in [6.45, 7) is 5.35. The Hall–Kier alpha value is -1.18. The van der Waals surface area contributed by atoms with E-state index in [0.717, 1.165) is 30.2 Å². The van der Waals surface area contributed by atoms with Crippen LogP contribution in [0.3, 0.4) is 0 Å². The van der Waals surface area contributed by atoms with Crippen LogP contribution in [0.5, 0.6) is 0 Å². The smallest absolute Gasteiger partial charge is 0.235 e. The molecule has 1 saturated heterocycles. The van der Waals surface area contributed by atoms with Crippen LogP contribution in [0.1, 0.15) is 23.5 Å². The van der Waals surface area contributed by atoms with E-state index < -0.39 is 0 Å². The first kappa shape index (κ1) is 21.9. The second kappa shape index (κ2) is 10.7. The van der Waals surface area contributed by atoms with Gasteiger partial charge in [-0.05, 0) is 12.5 Å². The van der Waals surface area contributed by atoms with E-state index in [9.17, 15) is 4.79 Å². The van der Waals surface area contributed by atoms with Gasteiger partial charge >= 0.3 is 0 Å². The Morgan fingerprint density at radius 1 is 1.40 bits per heavy atom. The van der Waals surface area contributed by atoms with Crippen molar-refractivity contribution in [2.24, 2.45) is 0 Å². The summed E-state index contributed by atoms with van der Waals surface area (Å²) in [7, 11) is 0. The van der Waals surface area contributed by atoms with E-state index in [1.807, 2.05) is 35.7 Å². The summed E-state index contributed by atoms with van der Waals surface area (Å²) in [5.41, 5.74) is 1.06. The molecule has 3 rings (SSSR count). The fourth-order valence-corrected chi connectivity index (χ4v) is 3.53. The molecule has 2 N–H and O–H groups in total. The number of aromatic nitrogens is 1. The highest BCUT2D eigenvalue weighted by Gasteiger charge is 2.23. The Labute approximate surface area is 165 Å². The fourth-order valence-electron chi connectivity index (χ4n) is 2.82. The zero-order valence-corrected chi connectivity index (χ0v) is 16.5. The molecule has 0 spiro atoms. The van der Waals surface area contributed by atoms with E-state index >= 15 is 0 Å². The zero-order valence-electron chi connectivity index (χ0n) is 14.1. The van der Waals surface area contributed by atoms with Crippen LogP contribution in [0.25, 0.3) is 0 Å². The summed E-state index contributed by atoms with van der Waals surface area (Å²) in [5.74, 6) is 0.0443. The van der Waals surface area contributed by atoms with Crippen molar-refractivity contribution in [1.29, 1.82) is 0 Å². The van der Waals surface area contributed by atoms with Crippen molar-refractivity contribution < 1.29 is 4.79 Å². The van der Waals surface area contributed by atoms with Gasteiger partial charge in [0.15, 0.2) is 0 Å². The van der Waals surface area contributed by atoms with Crippen molar-refractivity contribution in [2.75, 3.05) is 26.2 Å². The molecule has 0 bridgehead atoms. The van der Waals surface area contributed by atoms with E-state index in [2.05, 4.69) is 27.4 Å². The van der Waals surface area contributed by atoms with Gasteiger partial charge in [-0.25, -0.2) is 4.98 Å². The lowest BCUT2D eigenvalue weighted by molar-refractivity contribution is -0.123. The number of thiazole rings is 1. The number of nitrogens with one attached hydrogen (secondary N) is 2. The highest BCUT2D eigenvalue weighted by Crippen LogP contribution is 2.23. The summed E-state index contributed by atoms with van der Waals surface area (Å²) in [4.78, 5) is 19.1. The van der Waals surface area contributed by atoms with Crippen molar-refractivity contribution in [3.8, 4) is 0 Å². The molecule has 0 saturated carbocycles. The Morgan fingerprint density at radius 3 is 2.80 bits per heavy atom. The molecule has 1 aromatic heterocycles. The number of hydrogen-bond acceptors (Lipinski definition) is 5. The summed E-state index contributed by atoms with van der Waals surface area (Å²) in [6.07, 6.45) is 1.78. The van der Waals surface area contributed by atoms with E-state index in [1.54, 1.807) is 17.5 Å². The molecule has 1 unspecified atom stereocenters. The Balaban J connectivity index is 0.00000156. The minimum Gasteiger partial charge on any atom is -0.342 e. The van der Waals surface area contributed by atoms with Crippen LogP contribution >= 0.6 is 36.2 Å². The molecule has 8 heteroatoms. The highest BCUT2D eigenvalue weighted by molar-refractivity contribution is 7.09. The van der Waals surface area contributed by atoms with Crippen LogP contribution in [-0.4, -0.2) is 48.0 Å². The third kappa shape index (κ3) is 5.94. The third-order valence-electron chi connectivity index (χ3n) is 4.12. The standard InChI is InChI=1S/C17H22N4OS.2ClH/c1-13-11-18-7-9-21(13)12-15(22)20-16(17-19-8-10-23-17)14-5-3-2-4-6-14;;/h2-6,8,10,13,16,18H,7,9,11-12H2,1H3,(H,20,22);2*1H/t13-,16?;;/m0../s1. The van der Waals surface area contributed by atoms with Crippen molar-refractivity contribution in [3.05, 3.63) is 52.5 Å². The Morgan fingerprint density at radius 2 is 2.16 bits per heavy atom. The van der Waals surface area contributed by atoms with E-state index in [-0.39, 0.29) is 36.8 Å². The van der Waals surface area contributed by atoms with Gasteiger partial charge in [-0.15, -0.1) is 36.2 Å². The van der Waals surface area contributed by atoms with Crippen LogP contribution in [0.2, 0.25) is 0 Å². The molecular weight excluding hydrogens is 379 g/mol.